The van der Waals surface area contributed by atoms with Gasteiger partial charge in [0.15, 0.2) is 0 Å². The summed E-state index contributed by atoms with van der Waals surface area (Å²) in [6.45, 7) is 6.53. The van der Waals surface area contributed by atoms with Crippen molar-refractivity contribution in [2.75, 3.05) is 0 Å². The smallest absolute Gasteiger partial charge is 0.338 e. The molecule has 0 aliphatic heterocycles. The lowest BCUT2D eigenvalue weighted by atomic mass is 10.0. The standard InChI is InChI=1S/C15H21N3O2/c1-10(2)6-4-7-11(3)18-13-9-5-8-12(15(19)20)14(13)16-17-18/h5,8-11H,4,6-7H2,1-3H3,(H,19,20). The summed E-state index contributed by atoms with van der Waals surface area (Å²) in [6.07, 6.45) is 3.35. The van der Waals surface area contributed by atoms with Gasteiger partial charge < -0.3 is 5.11 Å². The molecule has 2 aromatic rings. The van der Waals surface area contributed by atoms with E-state index in [-0.39, 0.29) is 11.6 Å². The van der Waals surface area contributed by atoms with Gasteiger partial charge in [-0.1, -0.05) is 38.0 Å². The fourth-order valence-corrected chi connectivity index (χ4v) is 2.40. The third kappa shape index (κ3) is 2.98. The van der Waals surface area contributed by atoms with Crippen molar-refractivity contribution in [2.24, 2.45) is 5.92 Å². The molecule has 1 aromatic heterocycles. The molecule has 1 aromatic carbocycles. The topological polar surface area (TPSA) is 68.0 Å². The van der Waals surface area contributed by atoms with Gasteiger partial charge in [0.2, 0.25) is 0 Å². The van der Waals surface area contributed by atoms with Crippen LogP contribution in [0.4, 0.5) is 0 Å². The minimum atomic E-state index is -0.963. The van der Waals surface area contributed by atoms with E-state index in [9.17, 15) is 4.79 Å². The molecule has 0 radical (unpaired) electrons. The Balaban J connectivity index is 2.23. The van der Waals surface area contributed by atoms with Gasteiger partial charge >= 0.3 is 5.97 Å². The van der Waals surface area contributed by atoms with Gasteiger partial charge in [0.05, 0.1) is 17.1 Å². The Labute approximate surface area is 118 Å². The average Bonchev–Trinajstić information content (AvgIpc) is 2.81. The number of carboxylic acids is 1. The zero-order valence-electron chi connectivity index (χ0n) is 12.2. The largest absolute Gasteiger partial charge is 0.478 e. The van der Waals surface area contributed by atoms with Gasteiger partial charge in [-0.2, -0.15) is 0 Å². The van der Waals surface area contributed by atoms with Crippen LogP contribution in [0, 0.1) is 5.92 Å². The van der Waals surface area contributed by atoms with Gasteiger partial charge in [0, 0.05) is 0 Å². The van der Waals surface area contributed by atoms with Crippen molar-refractivity contribution in [2.45, 2.75) is 46.1 Å². The molecule has 20 heavy (non-hydrogen) atoms. The third-order valence-electron chi connectivity index (χ3n) is 3.55. The summed E-state index contributed by atoms with van der Waals surface area (Å²) in [5, 5.41) is 17.3. The van der Waals surface area contributed by atoms with E-state index in [4.69, 9.17) is 5.11 Å². The van der Waals surface area contributed by atoms with E-state index in [1.165, 1.54) is 6.42 Å². The number of fused-ring (bicyclic) bond motifs is 1. The molecule has 1 unspecified atom stereocenters. The number of nitrogens with zero attached hydrogens (tertiary/aromatic N) is 3. The van der Waals surface area contributed by atoms with Gasteiger partial charge in [0.1, 0.15) is 5.52 Å². The van der Waals surface area contributed by atoms with E-state index in [0.29, 0.717) is 11.4 Å². The van der Waals surface area contributed by atoms with E-state index in [2.05, 4.69) is 31.1 Å². The van der Waals surface area contributed by atoms with Crippen LogP contribution in [0.3, 0.4) is 0 Å². The molecule has 2 rings (SSSR count). The summed E-state index contributed by atoms with van der Waals surface area (Å²) in [7, 11) is 0. The first kappa shape index (κ1) is 14.5. The van der Waals surface area contributed by atoms with Crippen LogP contribution in [0.25, 0.3) is 11.0 Å². The molecule has 5 heteroatoms. The molecule has 1 atom stereocenters. The van der Waals surface area contributed by atoms with Crippen molar-refractivity contribution in [1.82, 2.24) is 15.0 Å². The van der Waals surface area contributed by atoms with Crippen LogP contribution in [0.1, 0.15) is 56.4 Å². The summed E-state index contributed by atoms with van der Waals surface area (Å²) >= 11 is 0. The number of rotatable bonds is 6. The Morgan fingerprint density at radius 2 is 2.05 bits per heavy atom. The fourth-order valence-electron chi connectivity index (χ4n) is 2.40. The van der Waals surface area contributed by atoms with Crippen LogP contribution >= 0.6 is 0 Å². The highest BCUT2D eigenvalue weighted by atomic mass is 16.4. The Morgan fingerprint density at radius 1 is 1.30 bits per heavy atom. The van der Waals surface area contributed by atoms with E-state index < -0.39 is 5.97 Å². The zero-order valence-corrected chi connectivity index (χ0v) is 12.2. The maximum Gasteiger partial charge on any atom is 0.338 e. The molecule has 0 aliphatic carbocycles. The molecule has 0 aliphatic rings. The van der Waals surface area contributed by atoms with Crippen LogP contribution in [0.15, 0.2) is 18.2 Å². The Kier molecular flexibility index (Phi) is 4.37. The van der Waals surface area contributed by atoms with E-state index in [0.717, 1.165) is 18.4 Å². The Hall–Kier alpha value is -1.91. The van der Waals surface area contributed by atoms with Crippen molar-refractivity contribution in [3.63, 3.8) is 0 Å². The maximum atomic E-state index is 11.2. The summed E-state index contributed by atoms with van der Waals surface area (Å²) < 4.78 is 1.84. The summed E-state index contributed by atoms with van der Waals surface area (Å²) in [6, 6.07) is 5.41. The van der Waals surface area contributed by atoms with E-state index >= 15 is 0 Å². The lowest BCUT2D eigenvalue weighted by molar-refractivity contribution is 0.0699. The number of aromatic carboxylic acids is 1. The maximum absolute atomic E-state index is 11.2. The van der Waals surface area contributed by atoms with Crippen molar-refractivity contribution in [3.05, 3.63) is 23.8 Å². The van der Waals surface area contributed by atoms with Crippen LogP contribution in [0.2, 0.25) is 0 Å². The highest BCUT2D eigenvalue weighted by Crippen LogP contribution is 2.22. The number of carbonyl (C=O) groups is 1. The third-order valence-corrected chi connectivity index (χ3v) is 3.55. The second-order valence-corrected chi connectivity index (χ2v) is 5.69. The highest BCUT2D eigenvalue weighted by Gasteiger charge is 2.16. The molecular formula is C15H21N3O2. The van der Waals surface area contributed by atoms with Crippen LogP contribution in [0.5, 0.6) is 0 Å². The molecule has 0 saturated heterocycles. The second-order valence-electron chi connectivity index (χ2n) is 5.69. The first-order valence-electron chi connectivity index (χ1n) is 7.08. The number of benzene rings is 1. The lowest BCUT2D eigenvalue weighted by Crippen LogP contribution is -2.07. The Morgan fingerprint density at radius 3 is 2.70 bits per heavy atom. The minimum absolute atomic E-state index is 0.211. The molecule has 1 heterocycles. The number of hydrogen-bond donors (Lipinski definition) is 1. The van der Waals surface area contributed by atoms with E-state index in [1.54, 1.807) is 12.1 Å². The summed E-state index contributed by atoms with van der Waals surface area (Å²) in [4.78, 5) is 11.2. The van der Waals surface area contributed by atoms with Gasteiger partial charge in [0.25, 0.3) is 0 Å². The molecule has 0 saturated carbocycles. The monoisotopic (exact) mass is 275 g/mol. The zero-order chi connectivity index (χ0) is 14.7. The molecular weight excluding hydrogens is 254 g/mol. The highest BCUT2D eigenvalue weighted by molar-refractivity contribution is 6.00. The SMILES string of the molecule is CC(C)CCCC(C)n1nnc2c(C(=O)O)cccc21. The molecule has 1 N–H and O–H groups in total. The Bertz CT molecular complexity index is 604. The van der Waals surface area contributed by atoms with Crippen LogP contribution in [-0.4, -0.2) is 26.1 Å². The predicted molar refractivity (Wildman–Crippen MR) is 77.9 cm³/mol. The molecule has 0 fully saturated rings. The molecule has 5 nitrogen and oxygen atoms in total. The molecule has 0 bridgehead atoms. The van der Waals surface area contributed by atoms with E-state index in [1.807, 2.05) is 10.7 Å². The summed E-state index contributed by atoms with van der Waals surface area (Å²) in [5.74, 6) is -0.261. The van der Waals surface area contributed by atoms with Gasteiger partial charge in [-0.05, 0) is 31.4 Å². The van der Waals surface area contributed by atoms with Crippen molar-refractivity contribution in [3.8, 4) is 0 Å². The van der Waals surface area contributed by atoms with Crippen LogP contribution in [-0.2, 0) is 0 Å². The van der Waals surface area contributed by atoms with Gasteiger partial charge in [-0.25, -0.2) is 9.48 Å². The van der Waals surface area contributed by atoms with Gasteiger partial charge in [-0.3, -0.25) is 0 Å². The number of aromatic nitrogens is 3. The van der Waals surface area contributed by atoms with Crippen molar-refractivity contribution in [1.29, 1.82) is 0 Å². The fraction of sp³-hybridized carbons (Fsp3) is 0.533. The molecule has 108 valence electrons. The van der Waals surface area contributed by atoms with Gasteiger partial charge in [-0.15, -0.1) is 5.10 Å². The minimum Gasteiger partial charge on any atom is -0.478 e. The number of hydrogen-bond acceptors (Lipinski definition) is 3. The first-order chi connectivity index (χ1) is 9.50. The normalized spacial score (nSPS) is 13.0. The van der Waals surface area contributed by atoms with Crippen molar-refractivity contribution >= 4 is 17.0 Å². The van der Waals surface area contributed by atoms with Crippen molar-refractivity contribution < 1.29 is 9.90 Å². The first-order valence-corrected chi connectivity index (χ1v) is 7.08. The lowest BCUT2D eigenvalue weighted by Gasteiger charge is -2.13. The molecule has 0 amide bonds. The number of carboxylic acid groups (broad SMARTS) is 1. The molecule has 0 spiro atoms. The quantitative estimate of drug-likeness (QED) is 0.875. The van der Waals surface area contributed by atoms with Crippen LogP contribution < -0.4 is 0 Å². The second kappa shape index (κ2) is 6.03. The predicted octanol–water partition coefficient (Wildman–Crippen LogP) is 3.52. The summed E-state index contributed by atoms with van der Waals surface area (Å²) in [5.41, 5.74) is 1.47. The average molecular weight is 275 g/mol.